The van der Waals surface area contributed by atoms with Crippen LogP contribution in [0.15, 0.2) is 39.5 Å². The number of nitrogens with zero attached hydrogens (tertiary/aromatic N) is 4. The molecule has 7 heteroatoms. The summed E-state index contributed by atoms with van der Waals surface area (Å²) in [5.41, 5.74) is 0.858. The zero-order chi connectivity index (χ0) is 12.4. The highest BCUT2D eigenvalue weighted by atomic mass is 32.2. The number of fused-ring (bicyclic) bond motifs is 1. The molecule has 3 heterocycles. The third-order valence-electron chi connectivity index (χ3n) is 2.29. The second kappa shape index (κ2) is 4.95. The average molecular weight is 277 g/mol. The van der Waals surface area contributed by atoms with Crippen LogP contribution < -0.4 is 5.32 Å². The van der Waals surface area contributed by atoms with Gasteiger partial charge in [-0.3, -0.25) is 0 Å². The van der Waals surface area contributed by atoms with Crippen molar-refractivity contribution < 1.29 is 0 Å². The first-order chi connectivity index (χ1) is 8.86. The zero-order valence-corrected chi connectivity index (χ0v) is 11.3. The van der Waals surface area contributed by atoms with Gasteiger partial charge < -0.3 is 9.72 Å². The molecule has 0 fully saturated rings. The van der Waals surface area contributed by atoms with Gasteiger partial charge in [0, 0.05) is 30.5 Å². The summed E-state index contributed by atoms with van der Waals surface area (Å²) in [6, 6.07) is 0. The summed E-state index contributed by atoms with van der Waals surface area (Å²) in [4.78, 5) is 13.2. The minimum absolute atomic E-state index is 0.842. The maximum Gasteiger partial charge on any atom is 0.170 e. The van der Waals surface area contributed by atoms with Crippen LogP contribution in [-0.4, -0.2) is 25.9 Å². The molecule has 5 nitrogen and oxygen atoms in total. The molecule has 1 N–H and O–H groups in total. The molecule has 0 bridgehead atoms. The predicted molar refractivity (Wildman–Crippen MR) is 73.4 cm³/mol. The predicted octanol–water partition coefficient (Wildman–Crippen LogP) is 2.77. The SMILES string of the molecule is CCNc1cn2ccnc2c(Sc2nccs2)n1. The zero-order valence-electron chi connectivity index (χ0n) is 9.70. The van der Waals surface area contributed by atoms with Crippen LogP contribution in [0.4, 0.5) is 5.82 Å². The molecule has 0 aliphatic heterocycles. The van der Waals surface area contributed by atoms with E-state index in [1.54, 1.807) is 35.5 Å². The van der Waals surface area contributed by atoms with E-state index >= 15 is 0 Å². The number of imidazole rings is 1. The molecule has 3 aromatic heterocycles. The van der Waals surface area contributed by atoms with Crippen molar-refractivity contribution in [3.63, 3.8) is 0 Å². The van der Waals surface area contributed by atoms with E-state index in [9.17, 15) is 0 Å². The molecular weight excluding hydrogens is 266 g/mol. The Bertz CT molecular complexity index is 647. The van der Waals surface area contributed by atoms with Crippen LogP contribution >= 0.6 is 23.1 Å². The number of nitrogens with one attached hydrogen (secondary N) is 1. The monoisotopic (exact) mass is 277 g/mol. The van der Waals surface area contributed by atoms with Gasteiger partial charge in [0.2, 0.25) is 0 Å². The van der Waals surface area contributed by atoms with E-state index in [0.717, 1.165) is 27.4 Å². The molecule has 0 saturated heterocycles. The van der Waals surface area contributed by atoms with Gasteiger partial charge in [-0.15, -0.1) is 11.3 Å². The Labute approximate surface area is 112 Å². The number of rotatable bonds is 4. The van der Waals surface area contributed by atoms with Gasteiger partial charge in [0.1, 0.15) is 10.8 Å². The second-order valence-corrected chi connectivity index (χ2v) is 5.65. The van der Waals surface area contributed by atoms with E-state index < -0.39 is 0 Å². The molecule has 18 heavy (non-hydrogen) atoms. The van der Waals surface area contributed by atoms with Crippen LogP contribution in [0.3, 0.4) is 0 Å². The molecule has 92 valence electrons. The van der Waals surface area contributed by atoms with Gasteiger partial charge in [0.25, 0.3) is 0 Å². The maximum absolute atomic E-state index is 4.57. The highest BCUT2D eigenvalue weighted by Crippen LogP contribution is 2.31. The lowest BCUT2D eigenvalue weighted by Gasteiger charge is -2.06. The van der Waals surface area contributed by atoms with Gasteiger partial charge >= 0.3 is 0 Å². The molecule has 3 aromatic rings. The Morgan fingerprint density at radius 1 is 1.39 bits per heavy atom. The third-order valence-corrected chi connectivity index (χ3v) is 4.15. The first-order valence-corrected chi connectivity index (χ1v) is 7.21. The minimum Gasteiger partial charge on any atom is -0.369 e. The van der Waals surface area contributed by atoms with E-state index in [0.29, 0.717) is 0 Å². The summed E-state index contributed by atoms with van der Waals surface area (Å²) in [6.07, 6.45) is 7.43. The van der Waals surface area contributed by atoms with Crippen molar-refractivity contribution in [3.8, 4) is 0 Å². The number of anilines is 1. The fourth-order valence-electron chi connectivity index (χ4n) is 1.58. The fourth-order valence-corrected chi connectivity index (χ4v) is 3.21. The quantitative estimate of drug-likeness (QED) is 0.794. The summed E-state index contributed by atoms with van der Waals surface area (Å²) in [5, 5.41) is 6.05. The lowest BCUT2D eigenvalue weighted by Crippen LogP contribution is -2.02. The normalized spacial score (nSPS) is 10.9. The molecule has 0 amide bonds. The van der Waals surface area contributed by atoms with Gasteiger partial charge in [-0.25, -0.2) is 15.0 Å². The standard InChI is InChI=1S/C11H11N5S2/c1-2-12-8-7-16-5-3-13-9(16)10(15-8)18-11-14-4-6-17-11/h3-7,12H,2H2,1H3. The van der Waals surface area contributed by atoms with Gasteiger partial charge in [-0.05, 0) is 18.7 Å². The summed E-state index contributed by atoms with van der Waals surface area (Å²) in [5.74, 6) is 0.849. The largest absolute Gasteiger partial charge is 0.369 e. The Kier molecular flexibility index (Phi) is 3.16. The van der Waals surface area contributed by atoms with Crippen LogP contribution in [0.1, 0.15) is 6.92 Å². The molecule has 3 rings (SSSR count). The van der Waals surface area contributed by atoms with Crippen LogP contribution in [0.25, 0.3) is 5.65 Å². The lowest BCUT2D eigenvalue weighted by atomic mass is 10.6. The first-order valence-electron chi connectivity index (χ1n) is 5.51. The number of thiazole rings is 1. The van der Waals surface area contributed by atoms with Gasteiger partial charge in [0.15, 0.2) is 9.99 Å². The molecule has 0 saturated carbocycles. The molecule has 0 aliphatic carbocycles. The summed E-state index contributed by atoms with van der Waals surface area (Å²) < 4.78 is 2.95. The molecule has 0 aliphatic rings. The van der Waals surface area contributed by atoms with Gasteiger partial charge in [-0.2, -0.15) is 0 Å². The van der Waals surface area contributed by atoms with E-state index in [1.807, 2.05) is 29.1 Å². The summed E-state index contributed by atoms with van der Waals surface area (Å²) in [6.45, 7) is 2.89. The van der Waals surface area contributed by atoms with E-state index in [4.69, 9.17) is 0 Å². The summed E-state index contributed by atoms with van der Waals surface area (Å²) >= 11 is 3.14. The van der Waals surface area contributed by atoms with Crippen LogP contribution in [0.2, 0.25) is 0 Å². The van der Waals surface area contributed by atoms with Crippen molar-refractivity contribution in [2.75, 3.05) is 11.9 Å². The van der Waals surface area contributed by atoms with E-state index in [2.05, 4.69) is 20.3 Å². The Morgan fingerprint density at radius 2 is 2.33 bits per heavy atom. The number of hydrogen-bond donors (Lipinski definition) is 1. The van der Waals surface area contributed by atoms with Crippen LogP contribution in [-0.2, 0) is 0 Å². The van der Waals surface area contributed by atoms with Gasteiger partial charge in [0.05, 0.1) is 6.20 Å². The number of hydrogen-bond acceptors (Lipinski definition) is 6. The molecule has 0 atom stereocenters. The minimum atomic E-state index is 0.842. The molecule has 0 spiro atoms. The van der Waals surface area contributed by atoms with Crippen molar-refractivity contribution in [3.05, 3.63) is 30.2 Å². The average Bonchev–Trinajstić information content (AvgIpc) is 2.99. The number of aromatic nitrogens is 4. The summed E-state index contributed by atoms with van der Waals surface area (Å²) in [7, 11) is 0. The Hall–Kier alpha value is -1.60. The van der Waals surface area contributed by atoms with Crippen molar-refractivity contribution in [1.29, 1.82) is 0 Å². The van der Waals surface area contributed by atoms with Crippen molar-refractivity contribution in [2.45, 2.75) is 16.3 Å². The smallest absolute Gasteiger partial charge is 0.170 e. The fraction of sp³-hybridized carbons (Fsp3) is 0.182. The topological polar surface area (TPSA) is 55.1 Å². The molecule has 0 aromatic carbocycles. The maximum atomic E-state index is 4.57. The van der Waals surface area contributed by atoms with Crippen molar-refractivity contribution in [2.24, 2.45) is 0 Å². The van der Waals surface area contributed by atoms with Crippen LogP contribution in [0, 0.1) is 0 Å². The Morgan fingerprint density at radius 3 is 3.11 bits per heavy atom. The molecule has 0 radical (unpaired) electrons. The van der Waals surface area contributed by atoms with Gasteiger partial charge in [-0.1, -0.05) is 0 Å². The highest BCUT2D eigenvalue weighted by Gasteiger charge is 2.10. The van der Waals surface area contributed by atoms with Crippen LogP contribution in [0.5, 0.6) is 0 Å². The first kappa shape index (κ1) is 11.5. The highest BCUT2D eigenvalue weighted by molar-refractivity contribution is 8.01. The van der Waals surface area contributed by atoms with E-state index in [1.165, 1.54) is 0 Å². The van der Waals surface area contributed by atoms with Crippen molar-refractivity contribution >= 4 is 34.6 Å². The van der Waals surface area contributed by atoms with Crippen molar-refractivity contribution in [1.82, 2.24) is 19.4 Å². The Balaban J connectivity index is 2.04. The molecular formula is C11H11N5S2. The second-order valence-electron chi connectivity index (χ2n) is 3.52. The van der Waals surface area contributed by atoms with E-state index in [-0.39, 0.29) is 0 Å². The lowest BCUT2D eigenvalue weighted by molar-refractivity contribution is 1.01. The molecule has 0 unspecified atom stereocenters. The third kappa shape index (κ3) is 2.19.